The fraction of sp³-hybridized carbons (Fsp3) is 0.217. The lowest BCUT2D eigenvalue weighted by atomic mass is 9.95. The van der Waals surface area contributed by atoms with Gasteiger partial charge in [-0.3, -0.25) is 9.78 Å². The maximum absolute atomic E-state index is 13.4. The Kier molecular flexibility index (Phi) is 6.68. The van der Waals surface area contributed by atoms with Gasteiger partial charge in [-0.1, -0.05) is 6.07 Å². The SMILES string of the molecule is Cc1ncc2c(c1CNS(=O)(=O)c1ccsc1)CCN(C(=O)/C=C/c1ccc(F)c(F)c1)C2. The van der Waals surface area contributed by atoms with Crippen molar-refractivity contribution in [3.8, 4) is 0 Å². The topological polar surface area (TPSA) is 79.4 Å². The van der Waals surface area contributed by atoms with Crippen molar-refractivity contribution in [3.63, 3.8) is 0 Å². The van der Waals surface area contributed by atoms with Gasteiger partial charge in [0.15, 0.2) is 11.6 Å². The Labute approximate surface area is 194 Å². The molecule has 1 aliphatic heterocycles. The molecule has 0 atom stereocenters. The molecule has 0 bridgehead atoms. The molecule has 0 spiro atoms. The van der Waals surface area contributed by atoms with Gasteiger partial charge in [-0.05, 0) is 65.3 Å². The summed E-state index contributed by atoms with van der Waals surface area (Å²) < 4.78 is 54.0. The van der Waals surface area contributed by atoms with E-state index in [9.17, 15) is 22.0 Å². The molecular weight excluding hydrogens is 468 g/mol. The first kappa shape index (κ1) is 23.2. The van der Waals surface area contributed by atoms with Crippen LogP contribution in [0.1, 0.15) is 27.9 Å². The third-order valence-electron chi connectivity index (χ3n) is 5.51. The summed E-state index contributed by atoms with van der Waals surface area (Å²) in [5.41, 5.74) is 3.78. The fourth-order valence-corrected chi connectivity index (χ4v) is 5.71. The molecule has 0 aliphatic carbocycles. The molecule has 33 heavy (non-hydrogen) atoms. The first-order valence-corrected chi connectivity index (χ1v) is 12.6. The maximum atomic E-state index is 13.4. The number of aryl methyl sites for hydroxylation is 1. The van der Waals surface area contributed by atoms with Crippen LogP contribution in [0.5, 0.6) is 0 Å². The number of fused-ring (bicyclic) bond motifs is 1. The van der Waals surface area contributed by atoms with Crippen LogP contribution in [0.3, 0.4) is 0 Å². The number of hydrogen-bond acceptors (Lipinski definition) is 5. The van der Waals surface area contributed by atoms with E-state index in [0.29, 0.717) is 25.1 Å². The second-order valence-electron chi connectivity index (χ2n) is 7.63. The molecule has 3 aromatic rings. The molecule has 1 aliphatic rings. The summed E-state index contributed by atoms with van der Waals surface area (Å²) in [4.78, 5) is 18.9. The number of aromatic nitrogens is 1. The molecule has 1 aromatic carbocycles. The molecule has 1 N–H and O–H groups in total. The van der Waals surface area contributed by atoms with E-state index in [1.807, 2.05) is 6.92 Å². The number of sulfonamides is 1. The molecule has 6 nitrogen and oxygen atoms in total. The van der Waals surface area contributed by atoms with E-state index in [2.05, 4.69) is 9.71 Å². The molecule has 0 unspecified atom stereocenters. The van der Waals surface area contributed by atoms with Crippen LogP contribution in [0, 0.1) is 18.6 Å². The fourth-order valence-electron chi connectivity index (χ4n) is 3.69. The van der Waals surface area contributed by atoms with Crippen molar-refractivity contribution in [2.75, 3.05) is 6.54 Å². The van der Waals surface area contributed by atoms with Crippen LogP contribution < -0.4 is 4.72 Å². The normalized spacial score (nSPS) is 14.0. The van der Waals surface area contributed by atoms with Gasteiger partial charge in [-0.25, -0.2) is 21.9 Å². The Hall–Kier alpha value is -2.95. The van der Waals surface area contributed by atoms with Crippen LogP contribution in [0.4, 0.5) is 8.78 Å². The highest BCUT2D eigenvalue weighted by atomic mass is 32.2. The average Bonchev–Trinajstić information content (AvgIpc) is 3.35. The molecule has 0 saturated heterocycles. The van der Waals surface area contributed by atoms with Crippen molar-refractivity contribution in [2.45, 2.75) is 31.3 Å². The largest absolute Gasteiger partial charge is 0.334 e. The van der Waals surface area contributed by atoms with Gasteiger partial charge in [-0.15, -0.1) is 0 Å². The third kappa shape index (κ3) is 5.18. The van der Waals surface area contributed by atoms with Crippen LogP contribution in [0.25, 0.3) is 6.08 Å². The molecular formula is C23H21F2N3O3S2. The second kappa shape index (κ2) is 9.50. The van der Waals surface area contributed by atoms with E-state index in [1.54, 1.807) is 27.9 Å². The van der Waals surface area contributed by atoms with Gasteiger partial charge in [0.2, 0.25) is 15.9 Å². The van der Waals surface area contributed by atoms with Crippen molar-refractivity contribution in [3.05, 3.63) is 86.9 Å². The quantitative estimate of drug-likeness (QED) is 0.534. The van der Waals surface area contributed by atoms with E-state index in [-0.39, 0.29) is 17.3 Å². The van der Waals surface area contributed by atoms with E-state index in [0.717, 1.165) is 34.5 Å². The van der Waals surface area contributed by atoms with E-state index in [1.165, 1.54) is 29.6 Å². The summed E-state index contributed by atoms with van der Waals surface area (Å²) >= 11 is 1.31. The standard InChI is InChI=1S/C23H21F2N3O3S2/c1-15-20(12-27-33(30,31)18-7-9-32-14-18)19-6-8-28(13-17(19)11-26-15)23(29)5-3-16-2-4-21(24)22(25)10-16/h2-5,7,9-11,14,27H,6,8,12-13H2,1H3/b5-3+. The molecule has 0 saturated carbocycles. The van der Waals surface area contributed by atoms with Crippen LogP contribution in [0.2, 0.25) is 0 Å². The average molecular weight is 490 g/mol. The minimum absolute atomic E-state index is 0.115. The summed E-state index contributed by atoms with van der Waals surface area (Å²) in [7, 11) is -3.61. The molecule has 3 heterocycles. The zero-order valence-corrected chi connectivity index (χ0v) is 19.3. The summed E-state index contributed by atoms with van der Waals surface area (Å²) in [6, 6.07) is 4.99. The number of halogens is 2. The number of thiophene rings is 1. The van der Waals surface area contributed by atoms with Gasteiger partial charge in [0.1, 0.15) is 0 Å². The zero-order valence-electron chi connectivity index (χ0n) is 17.7. The second-order valence-corrected chi connectivity index (χ2v) is 10.2. The minimum Gasteiger partial charge on any atom is -0.334 e. The van der Waals surface area contributed by atoms with Crippen molar-refractivity contribution in [1.82, 2.24) is 14.6 Å². The Morgan fingerprint density at radius 3 is 2.82 bits per heavy atom. The summed E-state index contributed by atoms with van der Waals surface area (Å²) in [6.07, 6.45) is 5.03. The molecule has 172 valence electrons. The highest BCUT2D eigenvalue weighted by molar-refractivity contribution is 7.89. The van der Waals surface area contributed by atoms with Gasteiger partial charge < -0.3 is 4.90 Å². The summed E-state index contributed by atoms with van der Waals surface area (Å²) in [5, 5.41) is 3.28. The van der Waals surface area contributed by atoms with Crippen molar-refractivity contribution < 1.29 is 22.0 Å². The number of rotatable bonds is 6. The molecule has 0 fully saturated rings. The lowest BCUT2D eigenvalue weighted by Gasteiger charge is -2.30. The van der Waals surface area contributed by atoms with Crippen LogP contribution in [-0.4, -0.2) is 30.8 Å². The van der Waals surface area contributed by atoms with Crippen molar-refractivity contribution in [1.29, 1.82) is 0 Å². The predicted molar refractivity (Wildman–Crippen MR) is 122 cm³/mol. The van der Waals surface area contributed by atoms with Gasteiger partial charge in [0.25, 0.3) is 0 Å². The Morgan fingerprint density at radius 2 is 2.09 bits per heavy atom. The molecule has 2 aromatic heterocycles. The first-order chi connectivity index (χ1) is 15.7. The number of nitrogens with one attached hydrogen (secondary N) is 1. The monoisotopic (exact) mass is 489 g/mol. The van der Waals surface area contributed by atoms with Crippen LogP contribution in [0.15, 0.2) is 52.2 Å². The summed E-state index contributed by atoms with van der Waals surface area (Å²) in [5.74, 6) is -2.17. The van der Waals surface area contributed by atoms with E-state index < -0.39 is 21.7 Å². The van der Waals surface area contributed by atoms with Crippen LogP contribution >= 0.6 is 11.3 Å². The third-order valence-corrected chi connectivity index (χ3v) is 7.74. The van der Waals surface area contributed by atoms with Crippen LogP contribution in [-0.2, 0) is 34.3 Å². The molecule has 10 heteroatoms. The van der Waals surface area contributed by atoms with Gasteiger partial charge >= 0.3 is 0 Å². The Balaban J connectivity index is 1.47. The minimum atomic E-state index is -3.61. The smallest absolute Gasteiger partial charge is 0.246 e. The number of nitrogens with zero attached hydrogens (tertiary/aromatic N) is 2. The Bertz CT molecular complexity index is 1320. The number of amides is 1. The van der Waals surface area contributed by atoms with Crippen molar-refractivity contribution >= 4 is 33.3 Å². The lowest BCUT2D eigenvalue weighted by Crippen LogP contribution is -2.36. The number of pyridine rings is 1. The molecule has 4 rings (SSSR count). The number of benzene rings is 1. The zero-order chi connectivity index (χ0) is 23.6. The van der Waals surface area contributed by atoms with Crippen molar-refractivity contribution in [2.24, 2.45) is 0 Å². The maximum Gasteiger partial charge on any atom is 0.246 e. The molecule has 0 radical (unpaired) electrons. The molecule has 1 amide bonds. The van der Waals surface area contributed by atoms with E-state index in [4.69, 9.17) is 0 Å². The van der Waals surface area contributed by atoms with Gasteiger partial charge in [-0.2, -0.15) is 11.3 Å². The highest BCUT2D eigenvalue weighted by Gasteiger charge is 2.24. The van der Waals surface area contributed by atoms with Gasteiger partial charge in [0.05, 0.1) is 4.90 Å². The number of carbonyl (C=O) groups is 1. The number of hydrogen-bond donors (Lipinski definition) is 1. The van der Waals surface area contributed by atoms with Gasteiger partial charge in [0, 0.05) is 43.0 Å². The number of carbonyl (C=O) groups excluding carboxylic acids is 1. The van der Waals surface area contributed by atoms with E-state index >= 15 is 0 Å². The first-order valence-electron chi connectivity index (χ1n) is 10.1. The highest BCUT2D eigenvalue weighted by Crippen LogP contribution is 2.25. The lowest BCUT2D eigenvalue weighted by molar-refractivity contribution is -0.126. The summed E-state index contributed by atoms with van der Waals surface area (Å²) in [6.45, 7) is 2.72. The predicted octanol–water partition coefficient (Wildman–Crippen LogP) is 3.81. The Morgan fingerprint density at radius 1 is 1.27 bits per heavy atom.